The van der Waals surface area contributed by atoms with Gasteiger partial charge in [-0.1, -0.05) is 25.3 Å². The number of fused-ring (bicyclic) bond motifs is 2. The van der Waals surface area contributed by atoms with Crippen LogP contribution in [0.5, 0.6) is 0 Å². The van der Waals surface area contributed by atoms with E-state index in [1.165, 1.54) is 19.3 Å². The molecule has 1 heterocycles. The molecule has 0 N–H and O–H groups in total. The summed E-state index contributed by atoms with van der Waals surface area (Å²) in [4.78, 5) is 22.0. The zero-order chi connectivity index (χ0) is 9.60. The topological polar surface area (TPSA) is 35.5 Å². The van der Waals surface area contributed by atoms with Crippen molar-refractivity contribution in [3.8, 4) is 0 Å². The Labute approximate surface area is 83.0 Å². The van der Waals surface area contributed by atoms with Crippen LogP contribution in [0.3, 0.4) is 0 Å². The maximum Gasteiger partial charge on any atom is 0.188 e. The maximum atomic E-state index is 11.4. The van der Waals surface area contributed by atoms with Crippen LogP contribution in [0, 0.1) is 5.92 Å². The van der Waals surface area contributed by atoms with Crippen LogP contribution < -0.4 is 0 Å². The average molecular weight is 194 g/mol. The molecule has 0 aromatic heterocycles. The molecule has 3 nitrogen and oxygen atoms in total. The van der Waals surface area contributed by atoms with Crippen LogP contribution in [0.2, 0.25) is 0 Å². The minimum Gasteiger partial charge on any atom is -0.292 e. The zero-order valence-electron chi connectivity index (χ0n) is 8.07. The molecule has 0 radical (unpaired) electrons. The van der Waals surface area contributed by atoms with E-state index in [0.717, 1.165) is 12.8 Å². The summed E-state index contributed by atoms with van der Waals surface area (Å²) in [6.45, 7) is 0. The third-order valence-electron chi connectivity index (χ3n) is 3.70. The monoisotopic (exact) mass is 194 g/mol. The van der Waals surface area contributed by atoms with E-state index in [9.17, 15) is 4.79 Å². The van der Waals surface area contributed by atoms with Crippen molar-refractivity contribution in [2.45, 2.75) is 43.8 Å². The number of carbonyl (C=O) groups is 1. The van der Waals surface area contributed by atoms with Crippen LogP contribution in [0.25, 0.3) is 0 Å². The first kappa shape index (κ1) is 8.62. The van der Waals surface area contributed by atoms with Crippen LogP contribution >= 0.6 is 0 Å². The number of ketones is 1. The van der Waals surface area contributed by atoms with Crippen molar-refractivity contribution in [2.24, 2.45) is 5.92 Å². The molecule has 0 amide bonds. The molecular weight excluding hydrogens is 180 g/mol. The Morgan fingerprint density at radius 1 is 1.29 bits per heavy atom. The zero-order valence-corrected chi connectivity index (χ0v) is 8.07. The van der Waals surface area contributed by atoms with Gasteiger partial charge in [0, 0.05) is 5.92 Å². The Morgan fingerprint density at radius 2 is 2.07 bits per heavy atom. The highest BCUT2D eigenvalue weighted by molar-refractivity contribution is 5.96. The molecule has 0 aromatic carbocycles. The van der Waals surface area contributed by atoms with Crippen molar-refractivity contribution in [2.75, 3.05) is 0 Å². The van der Waals surface area contributed by atoms with Gasteiger partial charge in [-0.05, 0) is 18.9 Å². The van der Waals surface area contributed by atoms with Gasteiger partial charge in [-0.2, -0.15) is 0 Å². The third kappa shape index (κ3) is 1.03. The Morgan fingerprint density at radius 3 is 2.86 bits per heavy atom. The molecule has 2 fully saturated rings. The summed E-state index contributed by atoms with van der Waals surface area (Å²) < 4.78 is 0. The van der Waals surface area contributed by atoms with Crippen molar-refractivity contribution in [1.29, 1.82) is 0 Å². The molecule has 0 bridgehead atoms. The number of carbonyl (C=O) groups excluding carboxylic acids is 1. The second-order valence-corrected chi connectivity index (χ2v) is 4.51. The molecular formula is C11H14O3. The van der Waals surface area contributed by atoms with Crippen molar-refractivity contribution in [3.05, 3.63) is 12.2 Å². The normalized spacial score (nSPS) is 39.3. The van der Waals surface area contributed by atoms with E-state index >= 15 is 0 Å². The van der Waals surface area contributed by atoms with Crippen LogP contribution in [0.1, 0.15) is 32.1 Å². The second-order valence-electron chi connectivity index (χ2n) is 4.51. The van der Waals surface area contributed by atoms with Crippen LogP contribution in [-0.2, 0) is 14.6 Å². The number of hydrogen-bond donors (Lipinski definition) is 0. The van der Waals surface area contributed by atoms with Gasteiger partial charge in [-0.3, -0.25) is 4.79 Å². The predicted molar refractivity (Wildman–Crippen MR) is 49.4 cm³/mol. The first-order valence-electron chi connectivity index (χ1n) is 5.38. The van der Waals surface area contributed by atoms with E-state index in [1.54, 1.807) is 6.08 Å². The SMILES string of the molecule is O=C1C=C[C@@H]2[C@H]1OOC21CCCCC1. The van der Waals surface area contributed by atoms with Gasteiger partial charge in [0.2, 0.25) is 0 Å². The molecule has 1 aliphatic heterocycles. The van der Waals surface area contributed by atoms with E-state index in [2.05, 4.69) is 0 Å². The molecule has 3 rings (SSSR count). The minimum absolute atomic E-state index is 0.0671. The van der Waals surface area contributed by atoms with Crippen molar-refractivity contribution in [3.63, 3.8) is 0 Å². The summed E-state index contributed by atoms with van der Waals surface area (Å²) in [6.07, 6.45) is 9.01. The quantitative estimate of drug-likeness (QED) is 0.551. The molecule has 14 heavy (non-hydrogen) atoms. The average Bonchev–Trinajstić information content (AvgIpc) is 2.73. The van der Waals surface area contributed by atoms with Gasteiger partial charge in [0.1, 0.15) is 5.60 Å². The van der Waals surface area contributed by atoms with Gasteiger partial charge in [0.25, 0.3) is 0 Å². The van der Waals surface area contributed by atoms with Crippen molar-refractivity contribution >= 4 is 5.78 Å². The molecule has 1 spiro atoms. The Hall–Kier alpha value is -0.670. The van der Waals surface area contributed by atoms with Gasteiger partial charge in [-0.25, -0.2) is 9.78 Å². The van der Waals surface area contributed by atoms with Gasteiger partial charge < -0.3 is 0 Å². The van der Waals surface area contributed by atoms with Gasteiger partial charge >= 0.3 is 0 Å². The molecule has 3 heteroatoms. The summed E-state index contributed by atoms with van der Waals surface area (Å²) in [7, 11) is 0. The Kier molecular flexibility index (Phi) is 1.79. The second kappa shape index (κ2) is 2.91. The highest BCUT2D eigenvalue weighted by Gasteiger charge is 2.55. The summed E-state index contributed by atoms with van der Waals surface area (Å²) in [5.74, 6) is 0.243. The van der Waals surface area contributed by atoms with Crippen molar-refractivity contribution < 1.29 is 14.6 Å². The summed E-state index contributed by atoms with van der Waals surface area (Å²) in [5.41, 5.74) is -0.175. The highest BCUT2D eigenvalue weighted by atomic mass is 17.2. The van der Waals surface area contributed by atoms with E-state index in [-0.39, 0.29) is 23.4 Å². The maximum absolute atomic E-state index is 11.4. The third-order valence-corrected chi connectivity index (χ3v) is 3.70. The first-order valence-corrected chi connectivity index (χ1v) is 5.38. The lowest BCUT2D eigenvalue weighted by atomic mass is 9.75. The van der Waals surface area contributed by atoms with E-state index < -0.39 is 0 Å². The summed E-state index contributed by atoms with van der Waals surface area (Å²) in [5, 5.41) is 0. The Balaban J connectivity index is 1.88. The fourth-order valence-corrected chi connectivity index (χ4v) is 2.90. The fourth-order valence-electron chi connectivity index (χ4n) is 2.90. The molecule has 3 aliphatic rings. The highest BCUT2D eigenvalue weighted by Crippen LogP contribution is 2.47. The lowest BCUT2D eigenvalue weighted by Gasteiger charge is -2.33. The lowest BCUT2D eigenvalue weighted by molar-refractivity contribution is -0.326. The number of rotatable bonds is 0. The van der Waals surface area contributed by atoms with Gasteiger partial charge in [0.05, 0.1) is 0 Å². The predicted octanol–water partition coefficient (Wildman–Crippen LogP) is 1.77. The largest absolute Gasteiger partial charge is 0.292 e. The van der Waals surface area contributed by atoms with Crippen molar-refractivity contribution in [1.82, 2.24) is 0 Å². The van der Waals surface area contributed by atoms with Gasteiger partial charge in [-0.15, -0.1) is 0 Å². The Bertz CT molecular complexity index is 289. The smallest absolute Gasteiger partial charge is 0.188 e. The fraction of sp³-hybridized carbons (Fsp3) is 0.727. The molecule has 2 aliphatic carbocycles. The standard InChI is InChI=1S/C11H14O3/c12-9-5-4-8-10(9)13-14-11(8)6-2-1-3-7-11/h4-5,8,10H,1-3,6-7H2/t8-,10-/m1/s1. The van der Waals surface area contributed by atoms with Crippen LogP contribution in [0.15, 0.2) is 12.2 Å². The first-order chi connectivity index (χ1) is 6.82. The molecule has 0 aromatic rings. The molecule has 1 saturated heterocycles. The van der Waals surface area contributed by atoms with E-state index in [1.807, 2.05) is 6.08 Å². The molecule has 2 atom stereocenters. The summed E-state index contributed by atoms with van der Waals surface area (Å²) in [6, 6.07) is 0. The van der Waals surface area contributed by atoms with Crippen LogP contribution in [-0.4, -0.2) is 17.5 Å². The lowest BCUT2D eigenvalue weighted by Crippen LogP contribution is -2.38. The van der Waals surface area contributed by atoms with E-state index in [0.29, 0.717) is 0 Å². The minimum atomic E-state index is -0.340. The summed E-state index contributed by atoms with van der Waals surface area (Å²) >= 11 is 0. The van der Waals surface area contributed by atoms with E-state index in [4.69, 9.17) is 9.78 Å². The van der Waals surface area contributed by atoms with Crippen LogP contribution in [0.4, 0.5) is 0 Å². The number of hydrogen-bond acceptors (Lipinski definition) is 3. The molecule has 0 unspecified atom stereocenters. The molecule has 76 valence electrons. The molecule has 1 saturated carbocycles. The van der Waals surface area contributed by atoms with Gasteiger partial charge in [0.15, 0.2) is 11.9 Å².